The molecule has 0 atom stereocenters. The van der Waals surface area contributed by atoms with E-state index in [-0.39, 0.29) is 43.4 Å². The second kappa shape index (κ2) is 10.6. The lowest BCUT2D eigenvalue weighted by atomic mass is 10.1. The summed E-state index contributed by atoms with van der Waals surface area (Å²) in [6.07, 6.45) is 1.04. The average Bonchev–Trinajstić information content (AvgIpc) is 3.04. The first kappa shape index (κ1) is 23.2. The molecule has 1 fully saturated rings. The molecule has 1 aliphatic heterocycles. The molecule has 0 unspecified atom stereocenters. The maximum absolute atomic E-state index is 12.8. The van der Waals surface area contributed by atoms with Crippen molar-refractivity contribution in [1.29, 1.82) is 0 Å². The smallest absolute Gasteiger partial charge is 0.248 e. The lowest BCUT2D eigenvalue weighted by Gasteiger charge is -2.26. The van der Waals surface area contributed by atoms with Gasteiger partial charge in [-0.05, 0) is 37.0 Å². The summed E-state index contributed by atoms with van der Waals surface area (Å²) >= 11 is 6.17. The van der Waals surface area contributed by atoms with Crippen molar-refractivity contribution < 1.29 is 19.1 Å². The van der Waals surface area contributed by atoms with Gasteiger partial charge in [0.15, 0.2) is 0 Å². The zero-order valence-corrected chi connectivity index (χ0v) is 18.4. The number of hydrogen-bond donors (Lipinski definition) is 0. The van der Waals surface area contributed by atoms with Gasteiger partial charge in [-0.15, -0.1) is 0 Å². The van der Waals surface area contributed by atoms with Gasteiger partial charge >= 0.3 is 0 Å². The summed E-state index contributed by atoms with van der Waals surface area (Å²) in [5, 5.41) is 0.573. The molecule has 160 valence electrons. The van der Waals surface area contributed by atoms with Crippen molar-refractivity contribution in [2.24, 2.45) is 5.92 Å². The number of halogens is 1. The van der Waals surface area contributed by atoms with Crippen LogP contribution in [0.2, 0.25) is 5.02 Å². The Hall–Kier alpha value is -2.12. The SMILES string of the molecule is COCCCN(CC(=O)N1CC(=O)N(c2cccc(Cl)c2C)C1)C(=O)CC(C)C. The minimum atomic E-state index is -0.241. The van der Waals surface area contributed by atoms with Crippen LogP contribution in [0.5, 0.6) is 0 Å². The van der Waals surface area contributed by atoms with E-state index in [1.807, 2.05) is 26.8 Å². The monoisotopic (exact) mass is 423 g/mol. The third-order valence-electron chi connectivity index (χ3n) is 4.86. The molecule has 1 heterocycles. The largest absolute Gasteiger partial charge is 0.385 e. The van der Waals surface area contributed by atoms with E-state index in [0.29, 0.717) is 36.7 Å². The molecule has 0 saturated carbocycles. The zero-order chi connectivity index (χ0) is 21.6. The van der Waals surface area contributed by atoms with Crippen LogP contribution in [0.15, 0.2) is 18.2 Å². The molecule has 3 amide bonds. The molecule has 7 nitrogen and oxygen atoms in total. The number of amides is 3. The third-order valence-corrected chi connectivity index (χ3v) is 5.27. The fourth-order valence-corrected chi connectivity index (χ4v) is 3.42. The van der Waals surface area contributed by atoms with Crippen LogP contribution in [-0.4, -0.2) is 67.5 Å². The molecular formula is C21H30ClN3O4. The zero-order valence-electron chi connectivity index (χ0n) is 17.6. The second-order valence-corrected chi connectivity index (χ2v) is 8.11. The predicted octanol–water partition coefficient (Wildman–Crippen LogP) is 2.69. The molecule has 29 heavy (non-hydrogen) atoms. The summed E-state index contributed by atoms with van der Waals surface area (Å²) in [4.78, 5) is 42.5. The second-order valence-electron chi connectivity index (χ2n) is 7.70. The number of carbonyl (C=O) groups excluding carboxylic acids is 3. The van der Waals surface area contributed by atoms with Gasteiger partial charge in [-0.25, -0.2) is 0 Å². The molecule has 0 bridgehead atoms. The summed E-state index contributed by atoms with van der Waals surface area (Å²) in [6, 6.07) is 5.36. The highest BCUT2D eigenvalue weighted by Gasteiger charge is 2.33. The minimum absolute atomic E-state index is 0.00489. The molecule has 0 aromatic heterocycles. The van der Waals surface area contributed by atoms with Gasteiger partial charge < -0.3 is 14.5 Å². The summed E-state index contributed by atoms with van der Waals surface area (Å²) in [5.74, 6) is -0.257. The molecule has 8 heteroatoms. The highest BCUT2D eigenvalue weighted by atomic mass is 35.5. The van der Waals surface area contributed by atoms with Crippen LogP contribution in [0.4, 0.5) is 5.69 Å². The fraction of sp³-hybridized carbons (Fsp3) is 0.571. The summed E-state index contributed by atoms with van der Waals surface area (Å²) in [7, 11) is 1.60. The molecule has 1 aromatic carbocycles. The third kappa shape index (κ3) is 6.18. The Morgan fingerprint density at radius 3 is 2.69 bits per heavy atom. The van der Waals surface area contributed by atoms with E-state index in [2.05, 4.69) is 0 Å². The van der Waals surface area contributed by atoms with Gasteiger partial charge in [0.1, 0.15) is 13.2 Å². The van der Waals surface area contributed by atoms with Gasteiger partial charge in [0.05, 0.1) is 6.54 Å². The summed E-state index contributed by atoms with van der Waals surface area (Å²) in [5.41, 5.74) is 1.50. The van der Waals surface area contributed by atoms with E-state index in [4.69, 9.17) is 16.3 Å². The van der Waals surface area contributed by atoms with Crippen molar-refractivity contribution in [2.75, 3.05) is 44.9 Å². The molecular weight excluding hydrogens is 394 g/mol. The van der Waals surface area contributed by atoms with Gasteiger partial charge in [0, 0.05) is 37.4 Å². The lowest BCUT2D eigenvalue weighted by molar-refractivity contribution is -0.140. The average molecular weight is 424 g/mol. The number of anilines is 1. The minimum Gasteiger partial charge on any atom is -0.385 e. The van der Waals surface area contributed by atoms with E-state index < -0.39 is 0 Å². The van der Waals surface area contributed by atoms with E-state index in [1.54, 1.807) is 29.0 Å². The first-order chi connectivity index (χ1) is 13.7. The van der Waals surface area contributed by atoms with E-state index in [9.17, 15) is 14.4 Å². The molecule has 0 spiro atoms. The molecule has 0 N–H and O–H groups in total. The maximum atomic E-state index is 12.8. The Labute approximate surface area is 177 Å². The van der Waals surface area contributed by atoms with E-state index in [1.165, 1.54) is 4.90 Å². The summed E-state index contributed by atoms with van der Waals surface area (Å²) in [6.45, 7) is 6.86. The molecule has 1 aromatic rings. The topological polar surface area (TPSA) is 70.2 Å². The normalized spacial score (nSPS) is 14.1. The van der Waals surface area contributed by atoms with Crippen molar-refractivity contribution in [3.8, 4) is 0 Å². The van der Waals surface area contributed by atoms with Gasteiger partial charge in [0.25, 0.3) is 0 Å². The Kier molecular flexibility index (Phi) is 8.46. The molecule has 1 aliphatic rings. The molecule has 0 radical (unpaired) electrons. The number of nitrogens with zero attached hydrogens (tertiary/aromatic N) is 3. The van der Waals surface area contributed by atoms with Gasteiger partial charge in [-0.2, -0.15) is 0 Å². The van der Waals surface area contributed by atoms with Gasteiger partial charge in [-0.1, -0.05) is 31.5 Å². The van der Waals surface area contributed by atoms with Crippen molar-refractivity contribution in [3.05, 3.63) is 28.8 Å². The molecule has 1 saturated heterocycles. The Morgan fingerprint density at radius 2 is 2.03 bits per heavy atom. The highest BCUT2D eigenvalue weighted by molar-refractivity contribution is 6.31. The molecule has 2 rings (SSSR count). The number of hydrogen-bond acceptors (Lipinski definition) is 4. The van der Waals surface area contributed by atoms with Crippen molar-refractivity contribution in [2.45, 2.75) is 33.6 Å². The number of rotatable bonds is 9. The fourth-order valence-electron chi connectivity index (χ4n) is 3.25. The van der Waals surface area contributed by atoms with Crippen LogP contribution in [0, 0.1) is 12.8 Å². The highest BCUT2D eigenvalue weighted by Crippen LogP contribution is 2.28. The number of benzene rings is 1. The molecule has 0 aliphatic carbocycles. The van der Waals surface area contributed by atoms with Crippen molar-refractivity contribution >= 4 is 35.0 Å². The van der Waals surface area contributed by atoms with E-state index in [0.717, 1.165) is 5.56 Å². The van der Waals surface area contributed by atoms with Crippen LogP contribution in [0.25, 0.3) is 0 Å². The van der Waals surface area contributed by atoms with Crippen LogP contribution in [0.1, 0.15) is 32.3 Å². The Bertz CT molecular complexity index is 753. The number of ether oxygens (including phenoxy) is 1. The maximum Gasteiger partial charge on any atom is 0.248 e. The van der Waals surface area contributed by atoms with Crippen LogP contribution in [0.3, 0.4) is 0 Å². The van der Waals surface area contributed by atoms with Crippen LogP contribution in [-0.2, 0) is 19.1 Å². The predicted molar refractivity (Wildman–Crippen MR) is 113 cm³/mol. The lowest BCUT2D eigenvalue weighted by Crippen LogP contribution is -2.43. The summed E-state index contributed by atoms with van der Waals surface area (Å²) < 4.78 is 5.06. The van der Waals surface area contributed by atoms with Gasteiger partial charge in [-0.3, -0.25) is 19.3 Å². The quantitative estimate of drug-likeness (QED) is 0.572. The van der Waals surface area contributed by atoms with Crippen molar-refractivity contribution in [3.63, 3.8) is 0 Å². The van der Waals surface area contributed by atoms with E-state index >= 15 is 0 Å². The first-order valence-corrected chi connectivity index (χ1v) is 10.2. The number of methoxy groups -OCH3 is 1. The number of carbonyl (C=O) groups is 3. The Morgan fingerprint density at radius 1 is 1.31 bits per heavy atom. The van der Waals surface area contributed by atoms with Crippen molar-refractivity contribution in [1.82, 2.24) is 9.80 Å². The first-order valence-electron chi connectivity index (χ1n) is 9.84. The standard InChI is InChI=1S/C21H30ClN3O4/c1-15(2)11-19(26)23(9-6-10-29-4)12-20(27)24-13-21(28)25(14-24)18-8-5-7-17(22)16(18)3/h5,7-8,15H,6,9-14H2,1-4H3. The van der Waals surface area contributed by atoms with Crippen LogP contribution >= 0.6 is 11.6 Å². The van der Waals surface area contributed by atoms with Gasteiger partial charge in [0.2, 0.25) is 17.7 Å². The Balaban J connectivity index is 2.06. The van der Waals surface area contributed by atoms with Crippen LogP contribution < -0.4 is 4.90 Å².